The monoisotopic (exact) mass is 692 g/mol. The Kier molecular flexibility index (Phi) is 8.63. The van der Waals surface area contributed by atoms with Crippen LogP contribution < -0.4 is 25.1 Å². The van der Waals surface area contributed by atoms with Crippen LogP contribution in [0.1, 0.15) is 12.8 Å². The summed E-state index contributed by atoms with van der Waals surface area (Å²) in [6.07, 6.45) is 7.79. The summed E-state index contributed by atoms with van der Waals surface area (Å²) >= 11 is 0. The number of benzene rings is 5. The first-order valence-corrected chi connectivity index (χ1v) is 16.4. The van der Waals surface area contributed by atoms with E-state index < -0.39 is 17.9 Å². The molecule has 2 N–H and O–H groups in total. The number of nitrogens with one attached hydrogen (secondary N) is 2. The number of rotatable bonds is 8. The van der Waals surface area contributed by atoms with Crippen molar-refractivity contribution in [1.29, 1.82) is 0 Å². The molecule has 1 aliphatic carbocycles. The first-order valence-electron chi connectivity index (χ1n) is 16.4. The van der Waals surface area contributed by atoms with Crippen LogP contribution in [0.4, 0.5) is 31.0 Å². The van der Waals surface area contributed by atoms with E-state index in [-0.39, 0.29) is 11.7 Å². The van der Waals surface area contributed by atoms with Crippen LogP contribution in [-0.4, -0.2) is 43.0 Å². The van der Waals surface area contributed by atoms with Crippen molar-refractivity contribution >= 4 is 51.2 Å². The number of carbonyl (C=O) groups is 2. The molecule has 0 unspecified atom stereocenters. The van der Waals surface area contributed by atoms with Gasteiger partial charge in [-0.3, -0.25) is 19.9 Å². The Bertz CT molecular complexity index is 2430. The standard InChI is InChI=1S/C39H29FN8O4/c40-25-3-1-5-29(21-25)48(38(49)45-26-7-11-30(12-8-26)51-32-13-15-34-36(23-32)43-19-17-41-34)47(28-9-10-28)39(50)46-27-4-2-6-31(22-27)52-33-14-16-35-37(24-33)44-20-18-42-35/h1-8,11-24,28H,9-10H2,(H,45,49)(H,46,50). The molecule has 0 aliphatic heterocycles. The van der Waals surface area contributed by atoms with Gasteiger partial charge in [0.25, 0.3) is 0 Å². The van der Waals surface area contributed by atoms with E-state index in [1.54, 1.807) is 104 Å². The van der Waals surface area contributed by atoms with Gasteiger partial charge in [-0.15, -0.1) is 0 Å². The van der Waals surface area contributed by atoms with Gasteiger partial charge in [-0.05, 0) is 91.7 Å². The highest BCUT2D eigenvalue weighted by molar-refractivity contribution is 6.05. The second kappa shape index (κ2) is 14.0. The normalized spacial score (nSPS) is 12.2. The van der Waals surface area contributed by atoms with Gasteiger partial charge >= 0.3 is 12.1 Å². The highest BCUT2D eigenvalue weighted by atomic mass is 19.1. The lowest BCUT2D eigenvalue weighted by Crippen LogP contribution is -2.54. The van der Waals surface area contributed by atoms with Crippen LogP contribution in [0.2, 0.25) is 0 Å². The highest BCUT2D eigenvalue weighted by Gasteiger charge is 2.40. The molecule has 12 nitrogen and oxygen atoms in total. The van der Waals surface area contributed by atoms with E-state index in [1.807, 2.05) is 12.1 Å². The van der Waals surface area contributed by atoms with Gasteiger partial charge in [0.1, 0.15) is 28.8 Å². The minimum Gasteiger partial charge on any atom is -0.457 e. The molecule has 1 aliphatic rings. The fourth-order valence-corrected chi connectivity index (χ4v) is 5.57. The first kappa shape index (κ1) is 32.1. The van der Waals surface area contributed by atoms with E-state index in [0.717, 1.165) is 16.0 Å². The molecule has 0 atom stereocenters. The molecule has 2 heterocycles. The van der Waals surface area contributed by atoms with E-state index in [1.165, 1.54) is 23.2 Å². The predicted molar refractivity (Wildman–Crippen MR) is 194 cm³/mol. The van der Waals surface area contributed by atoms with Crippen LogP contribution in [0.5, 0.6) is 23.0 Å². The van der Waals surface area contributed by atoms with Crippen LogP contribution in [0.15, 0.2) is 134 Å². The zero-order valence-electron chi connectivity index (χ0n) is 27.4. The summed E-state index contributed by atoms with van der Waals surface area (Å²) in [7, 11) is 0. The van der Waals surface area contributed by atoms with Gasteiger partial charge in [0.2, 0.25) is 0 Å². The molecule has 1 saturated carbocycles. The molecule has 0 spiro atoms. The van der Waals surface area contributed by atoms with Crippen molar-refractivity contribution in [2.45, 2.75) is 18.9 Å². The molecular weight excluding hydrogens is 663 g/mol. The van der Waals surface area contributed by atoms with Crippen molar-refractivity contribution in [2.24, 2.45) is 0 Å². The Morgan fingerprint density at radius 2 is 1.13 bits per heavy atom. The van der Waals surface area contributed by atoms with Crippen LogP contribution in [-0.2, 0) is 0 Å². The lowest BCUT2D eigenvalue weighted by Gasteiger charge is -2.35. The van der Waals surface area contributed by atoms with Gasteiger partial charge in [-0.25, -0.2) is 19.0 Å². The lowest BCUT2D eigenvalue weighted by atomic mass is 10.2. The maximum atomic E-state index is 14.5. The summed E-state index contributed by atoms with van der Waals surface area (Å²) in [5.74, 6) is 1.57. The Hall–Kier alpha value is -7.15. The number of halogens is 1. The molecule has 1 fully saturated rings. The van der Waals surface area contributed by atoms with Crippen molar-refractivity contribution in [2.75, 3.05) is 15.6 Å². The third kappa shape index (κ3) is 7.23. The number of hydrogen-bond donors (Lipinski definition) is 2. The number of urea groups is 2. The Morgan fingerprint density at radius 3 is 1.77 bits per heavy atom. The number of aromatic nitrogens is 4. The van der Waals surface area contributed by atoms with Crippen molar-refractivity contribution in [1.82, 2.24) is 24.9 Å². The highest BCUT2D eigenvalue weighted by Crippen LogP contribution is 2.34. The number of hydrogen-bond acceptors (Lipinski definition) is 8. The number of ether oxygens (including phenoxy) is 2. The van der Waals surface area contributed by atoms with Gasteiger partial charge < -0.3 is 20.1 Å². The fraction of sp³-hybridized carbons (Fsp3) is 0.0769. The zero-order chi connectivity index (χ0) is 35.4. The van der Waals surface area contributed by atoms with Crippen molar-refractivity contribution in [3.05, 3.63) is 140 Å². The molecule has 0 radical (unpaired) electrons. The maximum absolute atomic E-state index is 14.5. The number of anilines is 3. The number of fused-ring (bicyclic) bond motifs is 2. The first-order chi connectivity index (χ1) is 25.4. The van der Waals surface area contributed by atoms with Gasteiger partial charge in [0, 0.05) is 54.4 Å². The molecule has 0 saturated heterocycles. The summed E-state index contributed by atoms with van der Waals surface area (Å²) in [5.41, 5.74) is 3.91. The molecule has 8 rings (SSSR count). The zero-order valence-corrected chi connectivity index (χ0v) is 27.4. The fourth-order valence-electron chi connectivity index (χ4n) is 5.57. The van der Waals surface area contributed by atoms with Crippen LogP contribution in [0.3, 0.4) is 0 Å². The molecule has 13 heteroatoms. The SMILES string of the molecule is O=C(Nc1ccc(Oc2ccc3nccnc3c2)cc1)N(c1cccc(F)c1)N(C(=O)Nc1cccc(Oc2ccc3nccnc3c2)c1)C1CC1. The second-order valence-corrected chi connectivity index (χ2v) is 11.9. The van der Waals surface area contributed by atoms with E-state index in [2.05, 4.69) is 30.6 Å². The summed E-state index contributed by atoms with van der Waals surface area (Å²) in [4.78, 5) is 45.2. The second-order valence-electron chi connectivity index (χ2n) is 11.9. The predicted octanol–water partition coefficient (Wildman–Crippen LogP) is 8.95. The minimum absolute atomic E-state index is 0.176. The summed E-state index contributed by atoms with van der Waals surface area (Å²) < 4.78 is 26.6. The summed E-state index contributed by atoms with van der Waals surface area (Å²) in [6, 6.07) is 28.4. The molecule has 4 amide bonds. The van der Waals surface area contributed by atoms with Crippen LogP contribution in [0.25, 0.3) is 22.1 Å². The van der Waals surface area contributed by atoms with E-state index in [9.17, 15) is 14.0 Å². The summed E-state index contributed by atoms with van der Waals surface area (Å²) in [6.45, 7) is 0. The third-order valence-corrected chi connectivity index (χ3v) is 8.11. The van der Waals surface area contributed by atoms with Crippen molar-refractivity contribution in [3.63, 3.8) is 0 Å². The summed E-state index contributed by atoms with van der Waals surface area (Å²) in [5, 5.41) is 8.21. The number of nitrogens with zero attached hydrogens (tertiary/aromatic N) is 6. The molecular formula is C39H29FN8O4. The molecule has 256 valence electrons. The number of amides is 4. The van der Waals surface area contributed by atoms with Crippen molar-refractivity contribution in [3.8, 4) is 23.0 Å². The topological polar surface area (TPSA) is 135 Å². The third-order valence-electron chi connectivity index (χ3n) is 8.11. The van der Waals surface area contributed by atoms with Crippen molar-refractivity contribution < 1.29 is 23.5 Å². The molecule has 0 bridgehead atoms. The van der Waals surface area contributed by atoms with Crippen LogP contribution >= 0.6 is 0 Å². The van der Waals surface area contributed by atoms with Gasteiger partial charge in [0.05, 0.1) is 33.8 Å². The van der Waals surface area contributed by atoms with Gasteiger partial charge in [-0.1, -0.05) is 12.1 Å². The Morgan fingerprint density at radius 1 is 0.577 bits per heavy atom. The Labute approximate surface area is 296 Å². The number of hydrazine groups is 1. The Balaban J connectivity index is 1.00. The van der Waals surface area contributed by atoms with Gasteiger partial charge in [0.15, 0.2) is 0 Å². The molecule has 5 aromatic carbocycles. The number of carbonyl (C=O) groups excluding carboxylic acids is 2. The molecule has 52 heavy (non-hydrogen) atoms. The van der Waals surface area contributed by atoms with Gasteiger partial charge in [-0.2, -0.15) is 5.01 Å². The average molecular weight is 693 g/mol. The lowest BCUT2D eigenvalue weighted by molar-refractivity contribution is 0.198. The maximum Gasteiger partial charge on any atom is 0.345 e. The minimum atomic E-state index is -0.661. The van der Waals surface area contributed by atoms with E-state index >= 15 is 0 Å². The van der Waals surface area contributed by atoms with E-state index in [4.69, 9.17) is 9.47 Å². The quantitative estimate of drug-likeness (QED) is 0.151. The van der Waals surface area contributed by atoms with E-state index in [0.29, 0.717) is 58.2 Å². The largest absolute Gasteiger partial charge is 0.457 e. The molecule has 2 aromatic heterocycles. The molecule has 7 aromatic rings. The smallest absolute Gasteiger partial charge is 0.345 e. The van der Waals surface area contributed by atoms with Crippen LogP contribution in [0, 0.1) is 5.82 Å². The average Bonchev–Trinajstić information content (AvgIpc) is 4.00.